The third-order valence-electron chi connectivity index (χ3n) is 4.18. The minimum atomic E-state index is -0.432. The topological polar surface area (TPSA) is 57.2 Å². The number of hydrazone groups is 1. The zero-order valence-corrected chi connectivity index (χ0v) is 15.2. The van der Waals surface area contributed by atoms with Crippen LogP contribution in [0.3, 0.4) is 0 Å². The van der Waals surface area contributed by atoms with Crippen molar-refractivity contribution in [1.29, 1.82) is 0 Å². The molecule has 0 amide bonds. The van der Waals surface area contributed by atoms with Crippen LogP contribution in [-0.4, -0.2) is 61.4 Å². The van der Waals surface area contributed by atoms with E-state index in [1.807, 2.05) is 30.1 Å². The Morgan fingerprint density at radius 2 is 2.08 bits per heavy atom. The Morgan fingerprint density at radius 3 is 2.71 bits per heavy atom. The van der Waals surface area contributed by atoms with Gasteiger partial charge in [0.2, 0.25) is 5.84 Å². The van der Waals surface area contributed by atoms with Gasteiger partial charge in [-0.3, -0.25) is 5.43 Å². The third-order valence-corrected chi connectivity index (χ3v) is 4.51. The van der Waals surface area contributed by atoms with E-state index in [-0.39, 0.29) is 11.9 Å². The van der Waals surface area contributed by atoms with Crippen molar-refractivity contribution in [3.8, 4) is 0 Å². The molecule has 0 atom stereocenters. The van der Waals surface area contributed by atoms with Crippen LogP contribution in [-0.2, 0) is 9.53 Å². The monoisotopic (exact) mass is 352 g/mol. The maximum Gasteiger partial charge on any atom is 0.375 e. The Bertz CT molecular complexity index is 586. The summed E-state index contributed by atoms with van der Waals surface area (Å²) in [6, 6.07) is 7.54. The number of piperidine rings is 1. The largest absolute Gasteiger partial charge is 0.460 e. The van der Waals surface area contributed by atoms with Gasteiger partial charge in [0.1, 0.15) is 0 Å². The second-order valence-corrected chi connectivity index (χ2v) is 6.30. The Balaban J connectivity index is 2.16. The molecule has 0 radical (unpaired) electrons. The summed E-state index contributed by atoms with van der Waals surface area (Å²) in [5, 5.41) is 4.84. The molecule has 1 fully saturated rings. The highest BCUT2D eigenvalue weighted by Crippen LogP contribution is 2.21. The number of amidine groups is 1. The highest BCUT2D eigenvalue weighted by atomic mass is 35.5. The number of likely N-dealkylation sites (tertiary alicyclic amines) is 1. The van der Waals surface area contributed by atoms with E-state index in [1.165, 1.54) is 0 Å². The molecular weight excluding hydrogens is 328 g/mol. The SMILES string of the molecule is CCOC(=O)/C(=N/Nc1ccccc1Cl)N(C)C1CCN(C)CC1. The van der Waals surface area contributed by atoms with Gasteiger partial charge in [0.05, 0.1) is 17.3 Å². The quantitative estimate of drug-likeness (QED) is 0.391. The summed E-state index contributed by atoms with van der Waals surface area (Å²) < 4.78 is 5.16. The average Bonchev–Trinajstić information content (AvgIpc) is 2.57. The number of benzene rings is 1. The lowest BCUT2D eigenvalue weighted by molar-refractivity contribution is -0.136. The predicted octanol–water partition coefficient (Wildman–Crippen LogP) is 2.65. The highest BCUT2D eigenvalue weighted by molar-refractivity contribution is 6.35. The van der Waals surface area contributed by atoms with Crippen molar-refractivity contribution in [2.45, 2.75) is 25.8 Å². The first kappa shape index (κ1) is 18.5. The molecule has 0 aromatic heterocycles. The van der Waals surface area contributed by atoms with Crippen LogP contribution in [0.5, 0.6) is 0 Å². The van der Waals surface area contributed by atoms with E-state index >= 15 is 0 Å². The minimum absolute atomic E-state index is 0.261. The number of halogens is 1. The average molecular weight is 353 g/mol. The van der Waals surface area contributed by atoms with Crippen molar-refractivity contribution in [2.24, 2.45) is 5.10 Å². The second-order valence-electron chi connectivity index (χ2n) is 5.89. The van der Waals surface area contributed by atoms with E-state index in [2.05, 4.69) is 22.5 Å². The fourth-order valence-electron chi connectivity index (χ4n) is 2.68. The first-order valence-electron chi connectivity index (χ1n) is 8.19. The van der Waals surface area contributed by atoms with Gasteiger partial charge in [0.15, 0.2) is 0 Å². The van der Waals surface area contributed by atoms with Gasteiger partial charge < -0.3 is 14.5 Å². The van der Waals surface area contributed by atoms with E-state index < -0.39 is 5.97 Å². The molecule has 7 heteroatoms. The molecule has 1 aliphatic rings. The molecule has 0 saturated carbocycles. The molecule has 0 aliphatic carbocycles. The molecule has 1 N–H and O–H groups in total. The molecule has 0 unspecified atom stereocenters. The van der Waals surface area contributed by atoms with Crippen molar-refractivity contribution in [3.05, 3.63) is 29.3 Å². The number of ether oxygens (including phenoxy) is 1. The lowest BCUT2D eigenvalue weighted by Gasteiger charge is -2.35. The van der Waals surface area contributed by atoms with Crippen molar-refractivity contribution in [2.75, 3.05) is 39.2 Å². The highest BCUT2D eigenvalue weighted by Gasteiger charge is 2.27. The standard InChI is InChI=1S/C17H25ClN4O2/c1-4-24-17(23)16(20-19-15-8-6-5-7-14(15)18)22(3)13-9-11-21(2)12-10-13/h5-8,13,19H,4,9-12H2,1-3H3/b20-16-. The molecule has 1 aromatic carbocycles. The van der Waals surface area contributed by atoms with Crippen molar-refractivity contribution < 1.29 is 9.53 Å². The van der Waals surface area contributed by atoms with Gasteiger partial charge in [-0.25, -0.2) is 4.79 Å². The summed E-state index contributed by atoms with van der Waals surface area (Å²) >= 11 is 6.13. The first-order chi connectivity index (χ1) is 11.5. The molecule has 24 heavy (non-hydrogen) atoms. The second kappa shape index (κ2) is 8.89. The van der Waals surface area contributed by atoms with Crippen LogP contribution in [0.15, 0.2) is 29.4 Å². The van der Waals surface area contributed by atoms with Crippen LogP contribution in [0.1, 0.15) is 19.8 Å². The first-order valence-corrected chi connectivity index (χ1v) is 8.57. The van der Waals surface area contributed by atoms with Gasteiger partial charge >= 0.3 is 5.97 Å². The van der Waals surface area contributed by atoms with Crippen molar-refractivity contribution in [1.82, 2.24) is 9.80 Å². The van der Waals surface area contributed by atoms with Crippen LogP contribution in [0.25, 0.3) is 0 Å². The minimum Gasteiger partial charge on any atom is -0.460 e. The number of carbonyl (C=O) groups excluding carboxylic acids is 1. The lowest BCUT2D eigenvalue weighted by Crippen LogP contribution is -2.47. The molecule has 1 aliphatic heterocycles. The summed E-state index contributed by atoms with van der Waals surface area (Å²) in [4.78, 5) is 16.5. The summed E-state index contributed by atoms with van der Waals surface area (Å²) in [6.45, 7) is 4.10. The van der Waals surface area contributed by atoms with Crippen LogP contribution in [0, 0.1) is 0 Å². The third kappa shape index (κ3) is 4.85. The number of esters is 1. The molecule has 1 aromatic rings. The summed E-state index contributed by atoms with van der Waals surface area (Å²) in [5.74, 6) is -0.162. The van der Waals surface area contributed by atoms with Gasteiger partial charge in [-0.1, -0.05) is 23.7 Å². The Labute approximate surface area is 148 Å². The smallest absolute Gasteiger partial charge is 0.375 e. The number of nitrogens with one attached hydrogen (secondary N) is 1. The number of nitrogens with zero attached hydrogens (tertiary/aromatic N) is 3. The van der Waals surface area contributed by atoms with Gasteiger partial charge in [0.25, 0.3) is 0 Å². The summed E-state index contributed by atoms with van der Waals surface area (Å²) in [5.41, 5.74) is 3.53. The number of likely N-dealkylation sites (N-methyl/N-ethyl adjacent to an activating group) is 1. The van der Waals surface area contributed by atoms with Crippen molar-refractivity contribution in [3.63, 3.8) is 0 Å². The molecule has 1 saturated heterocycles. The number of anilines is 1. The Kier molecular flexibility index (Phi) is 6.87. The number of para-hydroxylation sites is 1. The number of hydrogen-bond acceptors (Lipinski definition) is 5. The van der Waals surface area contributed by atoms with E-state index in [0.29, 0.717) is 17.3 Å². The van der Waals surface area contributed by atoms with Crippen molar-refractivity contribution >= 4 is 29.1 Å². The van der Waals surface area contributed by atoms with Crippen LogP contribution in [0.2, 0.25) is 5.02 Å². The normalized spacial score (nSPS) is 16.8. The predicted molar refractivity (Wildman–Crippen MR) is 97.4 cm³/mol. The van der Waals surface area contributed by atoms with Crippen LogP contribution < -0.4 is 5.43 Å². The molecule has 132 valence electrons. The van der Waals surface area contributed by atoms with Gasteiger partial charge in [-0.05, 0) is 52.0 Å². The Morgan fingerprint density at radius 1 is 1.42 bits per heavy atom. The molecular formula is C17H25ClN4O2. The zero-order chi connectivity index (χ0) is 17.5. The molecule has 0 spiro atoms. The Hall–Kier alpha value is -1.79. The summed E-state index contributed by atoms with van der Waals surface area (Å²) in [6.07, 6.45) is 1.97. The van der Waals surface area contributed by atoms with E-state index in [0.717, 1.165) is 25.9 Å². The summed E-state index contributed by atoms with van der Waals surface area (Å²) in [7, 11) is 4.00. The number of rotatable bonds is 4. The molecule has 6 nitrogen and oxygen atoms in total. The molecule has 0 bridgehead atoms. The maximum atomic E-state index is 12.3. The zero-order valence-electron chi connectivity index (χ0n) is 14.5. The number of carbonyl (C=O) groups is 1. The van der Waals surface area contributed by atoms with Crippen LogP contribution >= 0.6 is 11.6 Å². The van der Waals surface area contributed by atoms with Crippen LogP contribution in [0.4, 0.5) is 5.69 Å². The van der Waals surface area contributed by atoms with Gasteiger partial charge in [-0.2, -0.15) is 0 Å². The van der Waals surface area contributed by atoms with Gasteiger partial charge in [-0.15, -0.1) is 5.10 Å². The van der Waals surface area contributed by atoms with E-state index in [9.17, 15) is 4.79 Å². The molecule has 2 rings (SSSR count). The maximum absolute atomic E-state index is 12.3. The number of hydrogen-bond donors (Lipinski definition) is 1. The fraction of sp³-hybridized carbons (Fsp3) is 0.529. The fourth-order valence-corrected chi connectivity index (χ4v) is 2.86. The van der Waals surface area contributed by atoms with E-state index in [4.69, 9.17) is 16.3 Å². The van der Waals surface area contributed by atoms with Gasteiger partial charge in [0, 0.05) is 13.1 Å². The molecule has 1 heterocycles. The van der Waals surface area contributed by atoms with E-state index in [1.54, 1.807) is 13.0 Å². The lowest BCUT2D eigenvalue weighted by atomic mass is 10.0.